The van der Waals surface area contributed by atoms with Gasteiger partial charge in [-0.25, -0.2) is 28.0 Å². The lowest BCUT2D eigenvalue weighted by atomic mass is 9.74. The van der Waals surface area contributed by atoms with E-state index in [1.54, 1.807) is 13.8 Å². The topological polar surface area (TPSA) is 223 Å². The molecule has 2 unspecified atom stereocenters. The normalized spacial score (nSPS) is 29.5. The molecule has 0 aromatic heterocycles. The Morgan fingerprint density at radius 1 is 1.04 bits per heavy atom. The Labute approximate surface area is 292 Å². The van der Waals surface area contributed by atoms with Crippen LogP contribution in [0.15, 0.2) is 42.5 Å². The first-order valence-corrected chi connectivity index (χ1v) is 16.3. The second-order valence-corrected chi connectivity index (χ2v) is 13.4. The maximum atomic E-state index is 13.9. The summed E-state index contributed by atoms with van der Waals surface area (Å²) < 4.78 is 49.5. The summed E-state index contributed by atoms with van der Waals surface area (Å²) in [6, 6.07) is 2.83. The number of carboxylic acid groups (broad SMARTS) is 3. The molecule has 1 aromatic carbocycles. The molecule has 1 aromatic rings. The Morgan fingerprint density at radius 2 is 1.65 bits per heavy atom. The highest BCUT2D eigenvalue weighted by molar-refractivity contribution is 5.98. The highest BCUT2D eigenvalue weighted by Crippen LogP contribution is 2.56. The fourth-order valence-corrected chi connectivity index (χ4v) is 6.70. The fraction of sp³-hybridized carbons (Fsp3) is 0.571. The minimum atomic E-state index is -3.96. The van der Waals surface area contributed by atoms with Gasteiger partial charge in [0.1, 0.15) is 23.8 Å². The molecule has 282 valence electrons. The van der Waals surface area contributed by atoms with Crippen LogP contribution in [0, 0.1) is 29.4 Å². The van der Waals surface area contributed by atoms with Crippen LogP contribution in [0.5, 0.6) is 0 Å². The van der Waals surface area contributed by atoms with E-state index >= 15 is 0 Å². The molecule has 5 N–H and O–H groups in total. The van der Waals surface area contributed by atoms with E-state index in [1.807, 2.05) is 13.8 Å². The van der Waals surface area contributed by atoms with E-state index in [9.17, 15) is 58.3 Å². The number of carboxylic acids is 3. The third kappa shape index (κ3) is 8.29. The monoisotopic (exact) mass is 726 g/mol. The summed E-state index contributed by atoms with van der Waals surface area (Å²) in [7, 11) is 0. The smallest absolute Gasteiger partial charge is 0.344 e. The maximum Gasteiger partial charge on any atom is 0.344 e. The summed E-state index contributed by atoms with van der Waals surface area (Å²) in [6.07, 6.45) is -6.22. The number of allylic oxidation sites excluding steroid dienone is 1. The van der Waals surface area contributed by atoms with E-state index < -0.39 is 102 Å². The molecular formula is C35H44F2O14. The number of ether oxygens (including phenoxy) is 4. The Balaban J connectivity index is 2.02. The van der Waals surface area contributed by atoms with Gasteiger partial charge in [0.05, 0.1) is 0 Å². The van der Waals surface area contributed by atoms with Gasteiger partial charge < -0.3 is 44.5 Å². The lowest BCUT2D eigenvalue weighted by Crippen LogP contribution is -2.78. The zero-order valence-electron chi connectivity index (χ0n) is 28.8. The van der Waals surface area contributed by atoms with Crippen molar-refractivity contribution in [2.75, 3.05) is 0 Å². The van der Waals surface area contributed by atoms with Crippen molar-refractivity contribution in [2.24, 2.45) is 17.8 Å². The molecular weight excluding hydrogens is 682 g/mol. The third-order valence-corrected chi connectivity index (χ3v) is 9.36. The molecule has 0 aliphatic carbocycles. The molecule has 3 rings (SSSR count). The molecule has 2 heterocycles. The number of hydrogen-bond donors (Lipinski definition) is 5. The first-order valence-electron chi connectivity index (χ1n) is 16.3. The van der Waals surface area contributed by atoms with Gasteiger partial charge in [-0.1, -0.05) is 46.8 Å². The van der Waals surface area contributed by atoms with Crippen LogP contribution in [0.2, 0.25) is 0 Å². The Bertz CT molecular complexity index is 1540. The van der Waals surface area contributed by atoms with Crippen molar-refractivity contribution in [3.63, 3.8) is 0 Å². The van der Waals surface area contributed by atoms with Crippen molar-refractivity contribution in [3.8, 4) is 0 Å². The predicted molar refractivity (Wildman–Crippen MR) is 171 cm³/mol. The van der Waals surface area contributed by atoms with Crippen LogP contribution in [0.4, 0.5) is 8.78 Å². The minimum absolute atomic E-state index is 0.0250. The number of hydrogen-bond acceptors (Lipinski definition) is 11. The van der Waals surface area contributed by atoms with Gasteiger partial charge in [-0.05, 0) is 54.4 Å². The van der Waals surface area contributed by atoms with Gasteiger partial charge in [-0.2, -0.15) is 0 Å². The number of fused-ring (bicyclic) bond motifs is 2. The molecule has 2 aliphatic heterocycles. The number of carbonyl (C=O) groups excluding carboxylic acids is 2. The zero-order chi connectivity index (χ0) is 38.6. The van der Waals surface area contributed by atoms with Crippen LogP contribution < -0.4 is 0 Å². The van der Waals surface area contributed by atoms with Gasteiger partial charge in [0.15, 0.2) is 6.10 Å². The van der Waals surface area contributed by atoms with E-state index in [1.165, 1.54) is 6.08 Å². The van der Waals surface area contributed by atoms with Crippen LogP contribution in [-0.2, 0) is 49.3 Å². The van der Waals surface area contributed by atoms with E-state index in [-0.39, 0.29) is 23.5 Å². The number of aliphatic hydroxyl groups excluding tert-OH is 1. The van der Waals surface area contributed by atoms with E-state index in [2.05, 4.69) is 6.58 Å². The molecule has 2 bridgehead atoms. The van der Waals surface area contributed by atoms with E-state index in [0.29, 0.717) is 18.4 Å². The SMILES string of the molecule is C=C(CC[C@@]12O[C@H](C(=O)O)[C@@](O)(C(=O)O)[C@@](C(=O)O)(O1)[C@H](OC(=O)/C=C/C(C)CC(C)CC)[C@H]2O)[C@@H](OC(C)=O)[C@H](C)Cc1cc(F)cc(F)c1. The van der Waals surface area contributed by atoms with Crippen molar-refractivity contribution in [1.29, 1.82) is 0 Å². The average molecular weight is 727 g/mol. The van der Waals surface area contributed by atoms with Crippen molar-refractivity contribution in [3.05, 3.63) is 59.7 Å². The molecule has 0 radical (unpaired) electrons. The standard InChI is InChI=1S/C35H44F2O14/c1-7-17(2)12-18(3)8-9-25(39)49-28-27(40)33(50-29(30(41)42)34(47,31(43)44)35(28,51-33)32(45)46)11-10-19(4)26(48-21(6)38)20(5)13-22-14-23(36)16-24(37)15-22/h8-9,14-18,20,26-29,40,47H,4,7,10-13H2,1-3,5-6H3,(H,41,42)(H,43,44)(H,45,46)/b9-8+/t17?,18?,20-,26-,27-,28-,29-,33-,34-,35-/m1/s1. The van der Waals surface area contributed by atoms with Crippen molar-refractivity contribution in [1.82, 2.24) is 0 Å². The first-order chi connectivity index (χ1) is 23.6. The van der Waals surface area contributed by atoms with Gasteiger partial charge in [-0.15, -0.1) is 0 Å². The van der Waals surface area contributed by atoms with Crippen molar-refractivity contribution >= 4 is 29.8 Å². The van der Waals surface area contributed by atoms with Crippen LogP contribution in [0.1, 0.15) is 65.9 Å². The largest absolute Gasteiger partial charge is 0.479 e. The van der Waals surface area contributed by atoms with Crippen LogP contribution in [0.3, 0.4) is 0 Å². The zero-order valence-corrected chi connectivity index (χ0v) is 28.8. The number of esters is 2. The molecule has 0 spiro atoms. The molecule has 10 atom stereocenters. The molecule has 2 fully saturated rings. The molecule has 0 saturated carbocycles. The van der Waals surface area contributed by atoms with Gasteiger partial charge in [-0.3, -0.25) is 4.79 Å². The second-order valence-electron chi connectivity index (χ2n) is 13.4. The number of aliphatic carboxylic acids is 3. The predicted octanol–water partition coefficient (Wildman–Crippen LogP) is 3.16. The molecule has 51 heavy (non-hydrogen) atoms. The van der Waals surface area contributed by atoms with Crippen LogP contribution in [0.25, 0.3) is 0 Å². The highest BCUT2D eigenvalue weighted by atomic mass is 19.1. The van der Waals surface area contributed by atoms with E-state index in [0.717, 1.165) is 31.6 Å². The summed E-state index contributed by atoms with van der Waals surface area (Å²) in [5, 5.41) is 53.4. The maximum absolute atomic E-state index is 13.9. The van der Waals surface area contributed by atoms with E-state index in [4.69, 9.17) is 18.9 Å². The van der Waals surface area contributed by atoms with Crippen molar-refractivity contribution in [2.45, 2.75) is 108 Å². The third-order valence-electron chi connectivity index (χ3n) is 9.36. The van der Waals surface area contributed by atoms with Gasteiger partial charge in [0, 0.05) is 31.4 Å². The molecule has 0 amide bonds. The fourth-order valence-electron chi connectivity index (χ4n) is 6.70. The molecule has 2 aliphatic rings. The number of carbonyl (C=O) groups is 5. The Kier molecular flexibility index (Phi) is 12.9. The summed E-state index contributed by atoms with van der Waals surface area (Å²) >= 11 is 0. The van der Waals surface area contributed by atoms with Crippen LogP contribution in [-0.4, -0.2) is 96.8 Å². The lowest BCUT2D eigenvalue weighted by Gasteiger charge is -2.48. The van der Waals surface area contributed by atoms with Crippen LogP contribution >= 0.6 is 0 Å². The summed E-state index contributed by atoms with van der Waals surface area (Å²) in [5.41, 5.74) is -7.31. The summed E-state index contributed by atoms with van der Waals surface area (Å²) in [4.78, 5) is 62.9. The second kappa shape index (κ2) is 16.0. The lowest BCUT2D eigenvalue weighted by molar-refractivity contribution is -0.374. The summed E-state index contributed by atoms with van der Waals surface area (Å²) in [5.74, 6) is -13.9. The summed E-state index contributed by atoms with van der Waals surface area (Å²) in [6.45, 7) is 12.3. The van der Waals surface area contributed by atoms with Gasteiger partial charge in [0.25, 0.3) is 0 Å². The Morgan fingerprint density at radius 3 is 2.16 bits per heavy atom. The quantitative estimate of drug-likeness (QED) is 0.0884. The number of benzene rings is 1. The van der Waals surface area contributed by atoms with Gasteiger partial charge >= 0.3 is 29.8 Å². The molecule has 2 saturated heterocycles. The Hall–Kier alpha value is -4.25. The minimum Gasteiger partial charge on any atom is -0.479 e. The van der Waals surface area contributed by atoms with Crippen molar-refractivity contribution < 1.29 is 77.2 Å². The van der Waals surface area contributed by atoms with Gasteiger partial charge in [0.2, 0.25) is 23.1 Å². The molecule has 16 heteroatoms. The number of rotatable bonds is 17. The number of aliphatic hydroxyl groups is 2. The highest BCUT2D eigenvalue weighted by Gasteiger charge is 2.85. The number of halogens is 2. The molecule has 14 nitrogen and oxygen atoms in total. The first kappa shape index (κ1) is 41.2. The average Bonchev–Trinajstić information content (AvgIpc) is 3.24.